The zero-order valence-electron chi connectivity index (χ0n) is 15.0. The van der Waals surface area contributed by atoms with Crippen molar-refractivity contribution in [1.82, 2.24) is 9.97 Å². The molecule has 2 N–H and O–H groups in total. The van der Waals surface area contributed by atoms with Crippen LogP contribution in [0.5, 0.6) is 5.75 Å². The molecule has 1 amide bonds. The maximum Gasteiger partial charge on any atom is 0.275 e. The van der Waals surface area contributed by atoms with Gasteiger partial charge in [-0.15, -0.1) is 0 Å². The summed E-state index contributed by atoms with van der Waals surface area (Å²) in [6.07, 6.45) is 3.91. The van der Waals surface area contributed by atoms with Crippen LogP contribution in [-0.4, -0.2) is 23.0 Å². The number of ether oxygens (including phenoxy) is 1. The molecule has 6 nitrogen and oxygen atoms in total. The Morgan fingerprint density at radius 3 is 2.52 bits per heavy atom. The van der Waals surface area contributed by atoms with Crippen molar-refractivity contribution in [3.05, 3.63) is 71.1 Å². The standard InChI is InChI=1S/C20H19ClN4O2/c1-3-13-4-7-15(8-5-13)24-19-12-22-17(11-23-19)20(26)25-16-10-14(21)6-9-18(16)27-2/h4-12H,3H2,1-2H3,(H,23,24)(H,25,26). The van der Waals surface area contributed by atoms with Crippen molar-refractivity contribution < 1.29 is 9.53 Å². The molecular formula is C20H19ClN4O2. The van der Waals surface area contributed by atoms with Crippen molar-refractivity contribution >= 4 is 34.7 Å². The predicted octanol–water partition coefficient (Wildman–Crippen LogP) is 4.70. The predicted molar refractivity (Wildman–Crippen MR) is 107 cm³/mol. The van der Waals surface area contributed by atoms with E-state index in [4.69, 9.17) is 16.3 Å². The van der Waals surface area contributed by atoms with Crippen LogP contribution in [0.3, 0.4) is 0 Å². The second-order valence-electron chi connectivity index (χ2n) is 5.76. The fraction of sp³-hybridized carbons (Fsp3) is 0.150. The van der Waals surface area contributed by atoms with E-state index in [9.17, 15) is 4.79 Å². The Hall–Kier alpha value is -3.12. The van der Waals surface area contributed by atoms with Crippen LogP contribution in [0.2, 0.25) is 5.02 Å². The minimum absolute atomic E-state index is 0.184. The Labute approximate surface area is 162 Å². The summed E-state index contributed by atoms with van der Waals surface area (Å²) >= 11 is 5.98. The lowest BCUT2D eigenvalue weighted by atomic mass is 10.1. The van der Waals surface area contributed by atoms with Crippen LogP contribution in [-0.2, 0) is 6.42 Å². The minimum atomic E-state index is -0.401. The molecule has 1 heterocycles. The number of aromatic nitrogens is 2. The monoisotopic (exact) mass is 382 g/mol. The molecule has 0 spiro atoms. The quantitative estimate of drug-likeness (QED) is 0.646. The highest BCUT2D eigenvalue weighted by molar-refractivity contribution is 6.31. The van der Waals surface area contributed by atoms with Crippen molar-refractivity contribution in [2.24, 2.45) is 0 Å². The number of nitrogens with zero attached hydrogens (tertiary/aromatic N) is 2. The SMILES string of the molecule is CCc1ccc(Nc2cnc(C(=O)Nc3cc(Cl)ccc3OC)cn2)cc1. The van der Waals surface area contributed by atoms with E-state index in [-0.39, 0.29) is 5.69 Å². The van der Waals surface area contributed by atoms with E-state index in [1.165, 1.54) is 25.1 Å². The largest absolute Gasteiger partial charge is 0.495 e. The molecule has 0 bridgehead atoms. The number of amides is 1. The number of hydrogen-bond acceptors (Lipinski definition) is 5. The van der Waals surface area contributed by atoms with Crippen molar-refractivity contribution in [2.45, 2.75) is 13.3 Å². The number of rotatable bonds is 6. The second kappa shape index (κ2) is 8.51. The highest BCUT2D eigenvalue weighted by Gasteiger charge is 2.12. The lowest BCUT2D eigenvalue weighted by molar-refractivity contribution is 0.102. The van der Waals surface area contributed by atoms with Gasteiger partial charge in [0.1, 0.15) is 17.3 Å². The molecule has 3 aromatic rings. The number of benzene rings is 2. The van der Waals surface area contributed by atoms with Gasteiger partial charge in [0.25, 0.3) is 5.91 Å². The summed E-state index contributed by atoms with van der Waals surface area (Å²) in [6, 6.07) is 13.0. The summed E-state index contributed by atoms with van der Waals surface area (Å²) in [5.41, 5.74) is 2.82. The summed E-state index contributed by atoms with van der Waals surface area (Å²) in [6.45, 7) is 2.11. The molecule has 0 radical (unpaired) electrons. The first-order valence-corrected chi connectivity index (χ1v) is 8.79. The number of nitrogens with one attached hydrogen (secondary N) is 2. The molecule has 0 aliphatic heterocycles. The molecule has 0 aliphatic carbocycles. The maximum atomic E-state index is 12.4. The average molecular weight is 383 g/mol. The molecule has 0 saturated carbocycles. The van der Waals surface area contributed by atoms with Crippen LogP contribution in [0.15, 0.2) is 54.9 Å². The molecular weight excluding hydrogens is 364 g/mol. The van der Waals surface area contributed by atoms with Gasteiger partial charge >= 0.3 is 0 Å². The summed E-state index contributed by atoms with van der Waals surface area (Å²) in [5, 5.41) is 6.37. The third kappa shape index (κ3) is 4.74. The van der Waals surface area contributed by atoms with Gasteiger partial charge in [-0.3, -0.25) is 4.79 Å². The zero-order chi connectivity index (χ0) is 19.2. The molecule has 1 aromatic heterocycles. The summed E-state index contributed by atoms with van der Waals surface area (Å²) < 4.78 is 5.22. The molecule has 7 heteroatoms. The molecule has 0 fully saturated rings. The van der Waals surface area contributed by atoms with Crippen molar-refractivity contribution in [3.63, 3.8) is 0 Å². The number of anilines is 3. The van der Waals surface area contributed by atoms with Crippen LogP contribution in [0, 0.1) is 0 Å². The summed E-state index contributed by atoms with van der Waals surface area (Å²) in [7, 11) is 1.52. The number of halogens is 1. The number of aryl methyl sites for hydroxylation is 1. The van der Waals surface area contributed by atoms with E-state index < -0.39 is 5.91 Å². The van der Waals surface area contributed by atoms with Crippen LogP contribution in [0.1, 0.15) is 23.0 Å². The van der Waals surface area contributed by atoms with Crippen LogP contribution in [0.25, 0.3) is 0 Å². The Morgan fingerprint density at radius 2 is 1.89 bits per heavy atom. The Balaban J connectivity index is 1.69. The van der Waals surface area contributed by atoms with Crippen LogP contribution >= 0.6 is 11.6 Å². The van der Waals surface area contributed by atoms with E-state index in [1.54, 1.807) is 18.2 Å². The van der Waals surface area contributed by atoms with Gasteiger partial charge in [-0.05, 0) is 42.3 Å². The molecule has 27 heavy (non-hydrogen) atoms. The lowest BCUT2D eigenvalue weighted by Crippen LogP contribution is -2.15. The van der Waals surface area contributed by atoms with E-state index in [2.05, 4.69) is 39.7 Å². The summed E-state index contributed by atoms with van der Waals surface area (Å²) in [5.74, 6) is 0.660. The lowest BCUT2D eigenvalue weighted by Gasteiger charge is -2.10. The van der Waals surface area contributed by atoms with Gasteiger partial charge in [-0.25, -0.2) is 9.97 Å². The topological polar surface area (TPSA) is 76.1 Å². The normalized spacial score (nSPS) is 10.3. The molecule has 2 aromatic carbocycles. The van der Waals surface area contributed by atoms with Crippen molar-refractivity contribution in [1.29, 1.82) is 0 Å². The van der Waals surface area contributed by atoms with Gasteiger partial charge in [0.05, 0.1) is 25.2 Å². The first-order chi connectivity index (χ1) is 13.1. The van der Waals surface area contributed by atoms with E-state index >= 15 is 0 Å². The van der Waals surface area contributed by atoms with E-state index in [0.29, 0.717) is 22.3 Å². The van der Waals surface area contributed by atoms with E-state index in [1.807, 2.05) is 12.1 Å². The number of hydrogen-bond donors (Lipinski definition) is 2. The zero-order valence-corrected chi connectivity index (χ0v) is 15.7. The second-order valence-corrected chi connectivity index (χ2v) is 6.20. The van der Waals surface area contributed by atoms with Crippen molar-refractivity contribution in [2.75, 3.05) is 17.7 Å². The third-order valence-electron chi connectivity index (χ3n) is 3.93. The first kappa shape index (κ1) is 18.7. The third-order valence-corrected chi connectivity index (χ3v) is 4.16. The van der Waals surface area contributed by atoms with Gasteiger partial charge in [0, 0.05) is 10.7 Å². The Kier molecular flexibility index (Phi) is 5.88. The maximum absolute atomic E-state index is 12.4. The molecule has 3 rings (SSSR count). The summed E-state index contributed by atoms with van der Waals surface area (Å²) in [4.78, 5) is 20.8. The molecule has 0 atom stereocenters. The van der Waals surface area contributed by atoms with Crippen molar-refractivity contribution in [3.8, 4) is 5.75 Å². The smallest absolute Gasteiger partial charge is 0.275 e. The molecule has 0 unspecified atom stereocenters. The number of carbonyl (C=O) groups excluding carboxylic acids is 1. The van der Waals surface area contributed by atoms with E-state index in [0.717, 1.165) is 12.1 Å². The number of methoxy groups -OCH3 is 1. The van der Waals surface area contributed by atoms with Gasteiger partial charge < -0.3 is 15.4 Å². The van der Waals surface area contributed by atoms with Gasteiger partial charge in [-0.1, -0.05) is 30.7 Å². The molecule has 138 valence electrons. The van der Waals surface area contributed by atoms with Crippen LogP contribution in [0.4, 0.5) is 17.2 Å². The van der Waals surface area contributed by atoms with Gasteiger partial charge in [-0.2, -0.15) is 0 Å². The highest BCUT2D eigenvalue weighted by atomic mass is 35.5. The minimum Gasteiger partial charge on any atom is -0.495 e. The first-order valence-electron chi connectivity index (χ1n) is 8.42. The van der Waals surface area contributed by atoms with Crippen LogP contribution < -0.4 is 15.4 Å². The fourth-order valence-electron chi connectivity index (χ4n) is 2.45. The Bertz CT molecular complexity index is 928. The molecule has 0 saturated heterocycles. The Morgan fingerprint density at radius 1 is 1.11 bits per heavy atom. The number of carbonyl (C=O) groups is 1. The average Bonchev–Trinajstić information content (AvgIpc) is 2.69. The molecule has 0 aliphatic rings. The highest BCUT2D eigenvalue weighted by Crippen LogP contribution is 2.28. The fourth-order valence-corrected chi connectivity index (χ4v) is 2.62. The van der Waals surface area contributed by atoms with Gasteiger partial charge in [0.2, 0.25) is 0 Å². The van der Waals surface area contributed by atoms with Gasteiger partial charge in [0.15, 0.2) is 0 Å².